The van der Waals surface area contributed by atoms with Crippen LogP contribution in [0.25, 0.3) is 0 Å². The molecule has 0 saturated carbocycles. The van der Waals surface area contributed by atoms with Gasteiger partial charge in [0.05, 0.1) is 12.7 Å². The maximum atomic E-state index is 12.0. The molecule has 1 saturated heterocycles. The van der Waals surface area contributed by atoms with Gasteiger partial charge in [0, 0.05) is 19.6 Å². The molecule has 1 aliphatic rings. The number of rotatable bonds is 4. The second-order valence-corrected chi connectivity index (χ2v) is 4.06. The van der Waals surface area contributed by atoms with Crippen molar-refractivity contribution in [3.8, 4) is 5.75 Å². The van der Waals surface area contributed by atoms with E-state index < -0.39 is 0 Å². The van der Waals surface area contributed by atoms with E-state index in [9.17, 15) is 4.79 Å². The lowest BCUT2D eigenvalue weighted by Crippen LogP contribution is -2.09. The predicted octanol–water partition coefficient (Wildman–Crippen LogP) is 2.30. The van der Waals surface area contributed by atoms with Gasteiger partial charge < -0.3 is 9.47 Å². The number of para-hydroxylation sites is 1. The van der Waals surface area contributed by atoms with Crippen molar-refractivity contribution in [2.45, 2.75) is 12.8 Å². The van der Waals surface area contributed by atoms with Gasteiger partial charge in [0.15, 0.2) is 5.78 Å². The molecule has 0 aromatic heterocycles. The lowest BCUT2D eigenvalue weighted by atomic mass is 9.97. The second kappa shape index (κ2) is 5.12. The quantitative estimate of drug-likeness (QED) is 0.730. The van der Waals surface area contributed by atoms with Crippen LogP contribution in [0.5, 0.6) is 5.75 Å². The Balaban J connectivity index is 2.07. The first-order chi connectivity index (χ1) is 7.81. The Kier molecular flexibility index (Phi) is 3.57. The van der Waals surface area contributed by atoms with Crippen LogP contribution in [-0.2, 0) is 4.74 Å². The van der Waals surface area contributed by atoms with Crippen LogP contribution in [-0.4, -0.2) is 26.1 Å². The van der Waals surface area contributed by atoms with E-state index in [2.05, 4.69) is 0 Å². The van der Waals surface area contributed by atoms with E-state index in [1.807, 2.05) is 24.3 Å². The number of hydrogen-bond acceptors (Lipinski definition) is 3. The maximum Gasteiger partial charge on any atom is 0.166 e. The number of ketones is 1. The van der Waals surface area contributed by atoms with E-state index in [0.717, 1.165) is 13.0 Å². The molecule has 3 nitrogen and oxygen atoms in total. The van der Waals surface area contributed by atoms with Gasteiger partial charge in [-0.25, -0.2) is 0 Å². The molecule has 1 heterocycles. The number of benzene rings is 1. The minimum atomic E-state index is 0.146. The molecule has 1 aliphatic heterocycles. The summed E-state index contributed by atoms with van der Waals surface area (Å²) in [5.41, 5.74) is 0.678. The lowest BCUT2D eigenvalue weighted by Gasteiger charge is -2.09. The Morgan fingerprint density at radius 1 is 1.50 bits per heavy atom. The van der Waals surface area contributed by atoms with Gasteiger partial charge in [-0.15, -0.1) is 0 Å². The molecule has 3 heteroatoms. The molecule has 1 fully saturated rings. The van der Waals surface area contributed by atoms with Gasteiger partial charge in [0.25, 0.3) is 0 Å². The largest absolute Gasteiger partial charge is 0.496 e. The van der Waals surface area contributed by atoms with E-state index in [1.54, 1.807) is 7.11 Å². The Morgan fingerprint density at radius 2 is 2.31 bits per heavy atom. The summed E-state index contributed by atoms with van der Waals surface area (Å²) in [6.07, 6.45) is 1.54. The highest BCUT2D eigenvalue weighted by Gasteiger charge is 2.21. The number of ether oxygens (including phenoxy) is 2. The zero-order valence-electron chi connectivity index (χ0n) is 9.44. The third kappa shape index (κ3) is 2.42. The fourth-order valence-electron chi connectivity index (χ4n) is 1.99. The minimum Gasteiger partial charge on any atom is -0.496 e. The Bertz CT molecular complexity index is 367. The van der Waals surface area contributed by atoms with Crippen LogP contribution in [0.3, 0.4) is 0 Å². The van der Waals surface area contributed by atoms with Crippen molar-refractivity contribution in [3.05, 3.63) is 29.8 Å². The standard InChI is InChI=1S/C13H16O3/c1-15-13-5-3-2-4-11(13)12(14)8-10-6-7-16-9-10/h2-5,10H,6-9H2,1H3. The SMILES string of the molecule is COc1ccccc1C(=O)CC1CCOC1. The van der Waals surface area contributed by atoms with E-state index in [0.29, 0.717) is 30.3 Å². The Morgan fingerprint density at radius 3 is 3.00 bits per heavy atom. The topological polar surface area (TPSA) is 35.5 Å². The molecule has 86 valence electrons. The van der Waals surface area contributed by atoms with Crippen molar-refractivity contribution in [1.29, 1.82) is 0 Å². The minimum absolute atomic E-state index is 0.146. The third-order valence-corrected chi connectivity index (χ3v) is 2.91. The van der Waals surface area contributed by atoms with Crippen LogP contribution in [0.2, 0.25) is 0 Å². The Hall–Kier alpha value is -1.35. The number of methoxy groups -OCH3 is 1. The van der Waals surface area contributed by atoms with Crippen LogP contribution >= 0.6 is 0 Å². The molecule has 0 bridgehead atoms. The normalized spacial score (nSPS) is 19.7. The fourth-order valence-corrected chi connectivity index (χ4v) is 1.99. The van der Waals surface area contributed by atoms with Crippen LogP contribution in [0.15, 0.2) is 24.3 Å². The maximum absolute atomic E-state index is 12.0. The van der Waals surface area contributed by atoms with Crippen LogP contribution in [0.1, 0.15) is 23.2 Å². The van der Waals surface area contributed by atoms with Crippen LogP contribution in [0.4, 0.5) is 0 Å². The Labute approximate surface area is 95.4 Å². The lowest BCUT2D eigenvalue weighted by molar-refractivity contribution is 0.0950. The highest BCUT2D eigenvalue weighted by molar-refractivity contribution is 5.98. The van der Waals surface area contributed by atoms with Crippen molar-refractivity contribution in [1.82, 2.24) is 0 Å². The van der Waals surface area contributed by atoms with Crippen LogP contribution < -0.4 is 4.74 Å². The number of hydrogen-bond donors (Lipinski definition) is 0. The molecule has 0 amide bonds. The van der Waals surface area contributed by atoms with Crippen LogP contribution in [0, 0.1) is 5.92 Å². The average molecular weight is 220 g/mol. The molecule has 0 radical (unpaired) electrons. The van der Waals surface area contributed by atoms with E-state index >= 15 is 0 Å². The molecule has 0 aliphatic carbocycles. The second-order valence-electron chi connectivity index (χ2n) is 4.06. The molecular weight excluding hydrogens is 204 g/mol. The van der Waals surface area contributed by atoms with Gasteiger partial charge in [0.1, 0.15) is 5.75 Å². The van der Waals surface area contributed by atoms with E-state index in [4.69, 9.17) is 9.47 Å². The monoisotopic (exact) mass is 220 g/mol. The smallest absolute Gasteiger partial charge is 0.166 e. The number of Topliss-reactive ketones (excluding diaryl/α,β-unsaturated/α-hetero) is 1. The highest BCUT2D eigenvalue weighted by Crippen LogP contribution is 2.23. The van der Waals surface area contributed by atoms with Crippen molar-refractivity contribution < 1.29 is 14.3 Å². The summed E-state index contributed by atoms with van der Waals surface area (Å²) in [5, 5.41) is 0. The fraction of sp³-hybridized carbons (Fsp3) is 0.462. The van der Waals surface area contributed by atoms with Gasteiger partial charge in [0.2, 0.25) is 0 Å². The molecule has 1 unspecified atom stereocenters. The summed E-state index contributed by atoms with van der Waals surface area (Å²) in [7, 11) is 1.59. The molecule has 1 aromatic carbocycles. The van der Waals surface area contributed by atoms with E-state index in [1.165, 1.54) is 0 Å². The van der Waals surface area contributed by atoms with Crippen molar-refractivity contribution in [3.63, 3.8) is 0 Å². The van der Waals surface area contributed by atoms with Gasteiger partial charge in [-0.05, 0) is 24.5 Å². The first kappa shape index (κ1) is 11.1. The number of carbonyl (C=O) groups excluding carboxylic acids is 1. The van der Waals surface area contributed by atoms with Gasteiger partial charge >= 0.3 is 0 Å². The summed E-state index contributed by atoms with van der Waals surface area (Å²) in [4.78, 5) is 12.0. The first-order valence-corrected chi connectivity index (χ1v) is 5.55. The molecular formula is C13H16O3. The van der Waals surface area contributed by atoms with Gasteiger partial charge in [-0.1, -0.05) is 12.1 Å². The average Bonchev–Trinajstić information content (AvgIpc) is 2.81. The molecule has 16 heavy (non-hydrogen) atoms. The third-order valence-electron chi connectivity index (χ3n) is 2.91. The molecule has 0 spiro atoms. The molecule has 0 N–H and O–H groups in total. The highest BCUT2D eigenvalue weighted by atomic mass is 16.5. The molecule has 2 rings (SSSR count). The molecule has 1 atom stereocenters. The molecule has 1 aromatic rings. The van der Waals surface area contributed by atoms with Crippen molar-refractivity contribution in [2.24, 2.45) is 5.92 Å². The van der Waals surface area contributed by atoms with Crippen molar-refractivity contribution in [2.75, 3.05) is 20.3 Å². The van der Waals surface area contributed by atoms with Crippen molar-refractivity contribution >= 4 is 5.78 Å². The summed E-state index contributed by atoms with van der Waals surface area (Å²) < 4.78 is 10.4. The first-order valence-electron chi connectivity index (χ1n) is 5.55. The van der Waals surface area contributed by atoms with E-state index in [-0.39, 0.29) is 5.78 Å². The predicted molar refractivity (Wildman–Crippen MR) is 60.9 cm³/mol. The zero-order valence-corrected chi connectivity index (χ0v) is 9.44. The summed E-state index contributed by atoms with van der Waals surface area (Å²) >= 11 is 0. The summed E-state index contributed by atoms with van der Waals surface area (Å²) in [5.74, 6) is 1.18. The summed E-state index contributed by atoms with van der Waals surface area (Å²) in [6, 6.07) is 7.37. The number of carbonyl (C=O) groups is 1. The van der Waals surface area contributed by atoms with Gasteiger partial charge in [-0.3, -0.25) is 4.79 Å². The summed E-state index contributed by atoms with van der Waals surface area (Å²) in [6.45, 7) is 1.49. The zero-order chi connectivity index (χ0) is 11.4. The van der Waals surface area contributed by atoms with Gasteiger partial charge in [-0.2, -0.15) is 0 Å².